The molecule has 2 aromatic carbocycles. The number of halogens is 2. The molecule has 0 fully saturated rings. The van der Waals surface area contributed by atoms with Crippen LogP contribution in [0.25, 0.3) is 22.4 Å². The summed E-state index contributed by atoms with van der Waals surface area (Å²) in [7, 11) is 0. The highest BCUT2D eigenvalue weighted by molar-refractivity contribution is 9.10. The molecule has 3 rings (SSSR count). The molecular weight excluding hydrogens is 312 g/mol. The van der Waals surface area contributed by atoms with E-state index in [4.69, 9.17) is 11.6 Å². The number of nitrogens with zero attached hydrogens (tertiary/aromatic N) is 1. The van der Waals surface area contributed by atoms with Gasteiger partial charge in [0, 0.05) is 15.1 Å². The number of hydrogen-bond acceptors (Lipinski definition) is 1. The fourth-order valence-electron chi connectivity index (χ4n) is 1.97. The van der Waals surface area contributed by atoms with E-state index in [1.807, 2.05) is 30.3 Å². The molecular formula is C14H10BrClN2. The van der Waals surface area contributed by atoms with Crippen molar-refractivity contribution < 1.29 is 0 Å². The number of imidazole rings is 1. The third-order valence-electron chi connectivity index (χ3n) is 2.97. The van der Waals surface area contributed by atoms with E-state index in [0.717, 1.165) is 26.9 Å². The van der Waals surface area contributed by atoms with Crippen molar-refractivity contribution in [2.75, 3.05) is 0 Å². The normalized spacial score (nSPS) is 11.1. The first-order valence-electron chi connectivity index (χ1n) is 5.56. The Morgan fingerprint density at radius 1 is 1.22 bits per heavy atom. The standard InChI is InChI=1S/C14H10BrClN2/c1-8-10(3-2-4-11(8)15)14-17-12-6-5-9(16)7-13(12)18-14/h2-7H,1H3,(H,17,18). The fraction of sp³-hybridized carbons (Fsp3) is 0.0714. The van der Waals surface area contributed by atoms with Gasteiger partial charge in [-0.1, -0.05) is 39.7 Å². The summed E-state index contributed by atoms with van der Waals surface area (Å²) in [6, 6.07) is 11.7. The van der Waals surface area contributed by atoms with Gasteiger partial charge in [0.15, 0.2) is 0 Å². The van der Waals surface area contributed by atoms with Gasteiger partial charge in [0.05, 0.1) is 11.0 Å². The minimum absolute atomic E-state index is 0.712. The van der Waals surface area contributed by atoms with Crippen LogP contribution in [0.15, 0.2) is 40.9 Å². The molecule has 0 saturated heterocycles. The van der Waals surface area contributed by atoms with Gasteiger partial charge in [-0.05, 0) is 36.8 Å². The predicted octanol–water partition coefficient (Wildman–Crippen LogP) is 4.95. The highest BCUT2D eigenvalue weighted by atomic mass is 79.9. The third-order valence-corrected chi connectivity index (χ3v) is 4.06. The van der Waals surface area contributed by atoms with Crippen LogP contribution in [-0.4, -0.2) is 9.97 Å². The van der Waals surface area contributed by atoms with Crippen LogP contribution in [0, 0.1) is 6.92 Å². The van der Waals surface area contributed by atoms with Gasteiger partial charge in [0.1, 0.15) is 5.82 Å². The Labute approximate surface area is 118 Å². The van der Waals surface area contributed by atoms with Gasteiger partial charge < -0.3 is 4.98 Å². The molecule has 1 N–H and O–H groups in total. The van der Waals surface area contributed by atoms with Crippen molar-refractivity contribution in [1.82, 2.24) is 9.97 Å². The summed E-state index contributed by atoms with van der Waals surface area (Å²) in [6.07, 6.45) is 0. The molecule has 2 nitrogen and oxygen atoms in total. The highest BCUT2D eigenvalue weighted by Gasteiger charge is 2.09. The Kier molecular flexibility index (Phi) is 2.88. The first kappa shape index (κ1) is 11.8. The molecule has 4 heteroatoms. The van der Waals surface area contributed by atoms with Crippen molar-refractivity contribution >= 4 is 38.6 Å². The Morgan fingerprint density at radius 2 is 2.06 bits per heavy atom. The lowest BCUT2D eigenvalue weighted by atomic mass is 10.1. The van der Waals surface area contributed by atoms with Crippen LogP contribution >= 0.6 is 27.5 Å². The second-order valence-electron chi connectivity index (χ2n) is 4.16. The van der Waals surface area contributed by atoms with E-state index < -0.39 is 0 Å². The number of nitrogens with one attached hydrogen (secondary N) is 1. The zero-order valence-electron chi connectivity index (χ0n) is 9.67. The lowest BCUT2D eigenvalue weighted by Gasteiger charge is -2.03. The van der Waals surface area contributed by atoms with E-state index in [-0.39, 0.29) is 0 Å². The van der Waals surface area contributed by atoms with Gasteiger partial charge in [-0.25, -0.2) is 4.98 Å². The Morgan fingerprint density at radius 3 is 2.89 bits per heavy atom. The van der Waals surface area contributed by atoms with Gasteiger partial charge in [-0.2, -0.15) is 0 Å². The maximum absolute atomic E-state index is 5.98. The summed E-state index contributed by atoms with van der Waals surface area (Å²) in [6.45, 7) is 2.07. The van der Waals surface area contributed by atoms with E-state index in [2.05, 4.69) is 38.9 Å². The maximum Gasteiger partial charge on any atom is 0.138 e. The summed E-state index contributed by atoms with van der Waals surface area (Å²) in [5.41, 5.74) is 4.14. The van der Waals surface area contributed by atoms with Crippen molar-refractivity contribution in [2.24, 2.45) is 0 Å². The highest BCUT2D eigenvalue weighted by Crippen LogP contribution is 2.28. The molecule has 0 unspecified atom stereocenters. The number of rotatable bonds is 1. The van der Waals surface area contributed by atoms with Gasteiger partial charge in [-0.15, -0.1) is 0 Å². The van der Waals surface area contributed by atoms with Crippen LogP contribution in [0.2, 0.25) is 5.02 Å². The van der Waals surface area contributed by atoms with Gasteiger partial charge in [0.25, 0.3) is 0 Å². The van der Waals surface area contributed by atoms with Crippen LogP contribution in [0.3, 0.4) is 0 Å². The molecule has 1 heterocycles. The van der Waals surface area contributed by atoms with Gasteiger partial charge in [-0.3, -0.25) is 0 Å². The average Bonchev–Trinajstić information content (AvgIpc) is 2.75. The van der Waals surface area contributed by atoms with Crippen LogP contribution in [0.4, 0.5) is 0 Å². The molecule has 0 spiro atoms. The van der Waals surface area contributed by atoms with Crippen LogP contribution in [0.1, 0.15) is 5.56 Å². The van der Waals surface area contributed by atoms with E-state index in [1.165, 1.54) is 5.56 Å². The minimum atomic E-state index is 0.712. The summed E-state index contributed by atoms with van der Waals surface area (Å²) in [5.74, 6) is 0.867. The molecule has 0 radical (unpaired) electrons. The quantitative estimate of drug-likeness (QED) is 0.674. The molecule has 3 aromatic rings. The lowest BCUT2D eigenvalue weighted by molar-refractivity contribution is 1.30. The second-order valence-corrected chi connectivity index (χ2v) is 5.45. The zero-order chi connectivity index (χ0) is 12.7. The summed E-state index contributed by atoms with van der Waals surface area (Å²) < 4.78 is 1.08. The summed E-state index contributed by atoms with van der Waals surface area (Å²) >= 11 is 9.51. The summed E-state index contributed by atoms with van der Waals surface area (Å²) in [4.78, 5) is 7.90. The Hall–Kier alpha value is -1.32. The Balaban J connectivity index is 2.22. The number of aromatic nitrogens is 2. The molecule has 0 aliphatic rings. The van der Waals surface area contributed by atoms with Crippen molar-refractivity contribution in [1.29, 1.82) is 0 Å². The van der Waals surface area contributed by atoms with Crippen LogP contribution in [0.5, 0.6) is 0 Å². The van der Waals surface area contributed by atoms with Crippen molar-refractivity contribution in [3.63, 3.8) is 0 Å². The van der Waals surface area contributed by atoms with E-state index in [0.29, 0.717) is 5.02 Å². The Bertz CT molecular complexity index is 734. The minimum Gasteiger partial charge on any atom is -0.338 e. The number of benzene rings is 2. The number of aromatic amines is 1. The third kappa shape index (κ3) is 1.93. The molecule has 1 aromatic heterocycles. The molecule has 0 atom stereocenters. The molecule has 0 aliphatic carbocycles. The summed E-state index contributed by atoms with van der Waals surface area (Å²) in [5, 5.41) is 0.712. The van der Waals surface area contributed by atoms with E-state index >= 15 is 0 Å². The average molecular weight is 322 g/mol. The second kappa shape index (κ2) is 4.41. The SMILES string of the molecule is Cc1c(Br)cccc1-c1nc2ccc(Cl)cc2[nH]1. The first-order valence-corrected chi connectivity index (χ1v) is 6.73. The number of fused-ring (bicyclic) bond motifs is 1. The van der Waals surface area contributed by atoms with E-state index in [9.17, 15) is 0 Å². The molecule has 0 saturated carbocycles. The van der Waals surface area contributed by atoms with Crippen molar-refractivity contribution in [3.05, 3.63) is 51.5 Å². The van der Waals surface area contributed by atoms with Gasteiger partial charge >= 0.3 is 0 Å². The predicted molar refractivity (Wildman–Crippen MR) is 79.0 cm³/mol. The van der Waals surface area contributed by atoms with Crippen molar-refractivity contribution in [2.45, 2.75) is 6.92 Å². The first-order chi connectivity index (χ1) is 8.65. The van der Waals surface area contributed by atoms with Crippen LogP contribution < -0.4 is 0 Å². The molecule has 90 valence electrons. The number of hydrogen-bond donors (Lipinski definition) is 1. The molecule has 0 bridgehead atoms. The molecule has 18 heavy (non-hydrogen) atoms. The van der Waals surface area contributed by atoms with Crippen LogP contribution in [-0.2, 0) is 0 Å². The zero-order valence-corrected chi connectivity index (χ0v) is 12.0. The largest absolute Gasteiger partial charge is 0.338 e. The van der Waals surface area contributed by atoms with Crippen molar-refractivity contribution in [3.8, 4) is 11.4 Å². The smallest absolute Gasteiger partial charge is 0.138 e. The lowest BCUT2D eigenvalue weighted by Crippen LogP contribution is -1.86. The molecule has 0 amide bonds. The molecule has 0 aliphatic heterocycles. The van der Waals surface area contributed by atoms with Gasteiger partial charge in [0.2, 0.25) is 0 Å². The van der Waals surface area contributed by atoms with E-state index in [1.54, 1.807) is 0 Å². The monoisotopic (exact) mass is 320 g/mol. The number of H-pyrrole nitrogens is 1. The fourth-order valence-corrected chi connectivity index (χ4v) is 2.51. The maximum atomic E-state index is 5.98. The topological polar surface area (TPSA) is 28.7 Å².